The molecule has 1 saturated heterocycles. The molecule has 1 fully saturated rings. The van der Waals surface area contributed by atoms with Gasteiger partial charge in [-0.05, 0) is 48.7 Å². The molecule has 160 valence electrons. The highest BCUT2D eigenvalue weighted by atomic mass is 19.1. The summed E-state index contributed by atoms with van der Waals surface area (Å²) in [5.41, 5.74) is 2.42. The first-order valence-electron chi connectivity index (χ1n) is 10.1. The van der Waals surface area contributed by atoms with Gasteiger partial charge in [0.15, 0.2) is 0 Å². The number of nitrogens with zero attached hydrogens (tertiary/aromatic N) is 2. The van der Waals surface area contributed by atoms with Crippen LogP contribution >= 0.6 is 0 Å². The minimum atomic E-state index is -0.388. The Kier molecular flexibility index (Phi) is 5.97. The molecule has 2 amide bonds. The first kappa shape index (κ1) is 20.6. The molecule has 0 aliphatic carbocycles. The lowest BCUT2D eigenvalue weighted by Gasteiger charge is -2.16. The van der Waals surface area contributed by atoms with Crippen molar-refractivity contribution in [2.24, 2.45) is 0 Å². The van der Waals surface area contributed by atoms with Crippen LogP contribution in [0.2, 0.25) is 0 Å². The van der Waals surface area contributed by atoms with E-state index in [0.717, 1.165) is 31.5 Å². The van der Waals surface area contributed by atoms with Crippen LogP contribution in [0.1, 0.15) is 34.5 Å². The molecule has 0 atom stereocenters. The number of aromatic amines is 1. The number of benzene rings is 2. The molecule has 1 aromatic heterocycles. The maximum absolute atomic E-state index is 13.1. The number of fused-ring (bicyclic) bond motifs is 1. The largest absolute Gasteiger partial charge is 0.495 e. The Morgan fingerprint density at radius 2 is 1.90 bits per heavy atom. The molecule has 0 radical (unpaired) electrons. The van der Waals surface area contributed by atoms with E-state index >= 15 is 0 Å². The average Bonchev–Trinajstić information content (AvgIpc) is 3.46. The topological polar surface area (TPSA) is 87.3 Å². The summed E-state index contributed by atoms with van der Waals surface area (Å²) in [5, 5.41) is 10.6. The molecule has 31 heavy (non-hydrogen) atoms. The van der Waals surface area contributed by atoms with E-state index < -0.39 is 0 Å². The van der Waals surface area contributed by atoms with E-state index in [1.807, 2.05) is 0 Å². The van der Waals surface area contributed by atoms with Crippen molar-refractivity contribution in [3.8, 4) is 5.75 Å². The van der Waals surface area contributed by atoms with Gasteiger partial charge in [-0.25, -0.2) is 4.39 Å². The average molecular weight is 422 g/mol. The van der Waals surface area contributed by atoms with Crippen molar-refractivity contribution in [3.05, 3.63) is 59.0 Å². The Morgan fingerprint density at radius 3 is 2.61 bits per heavy atom. The molecule has 4 rings (SSSR count). The van der Waals surface area contributed by atoms with Crippen LogP contribution in [0, 0.1) is 5.82 Å². The van der Waals surface area contributed by atoms with Gasteiger partial charge in [0, 0.05) is 13.1 Å². The first-order chi connectivity index (χ1) is 15.1. The highest BCUT2D eigenvalue weighted by Crippen LogP contribution is 2.32. The third kappa shape index (κ3) is 4.42. The summed E-state index contributed by atoms with van der Waals surface area (Å²) in [7, 11) is 1.49. The van der Waals surface area contributed by atoms with Crippen molar-refractivity contribution in [1.82, 2.24) is 20.4 Å². The molecule has 1 aliphatic heterocycles. The summed E-state index contributed by atoms with van der Waals surface area (Å²) in [4.78, 5) is 26.8. The number of carbonyl (C=O) groups is 2. The quantitative estimate of drug-likeness (QED) is 0.639. The van der Waals surface area contributed by atoms with E-state index in [4.69, 9.17) is 4.74 Å². The number of hydrogen-bond donors (Lipinski definition) is 2. The zero-order valence-electron chi connectivity index (χ0n) is 17.2. The Bertz CT molecular complexity index is 1130. The van der Waals surface area contributed by atoms with Crippen molar-refractivity contribution in [2.45, 2.75) is 12.8 Å². The van der Waals surface area contributed by atoms with Gasteiger partial charge in [0.25, 0.3) is 5.91 Å². The van der Waals surface area contributed by atoms with Crippen LogP contribution in [0.25, 0.3) is 23.1 Å². The summed E-state index contributed by atoms with van der Waals surface area (Å²) < 4.78 is 18.7. The molecule has 8 heteroatoms. The van der Waals surface area contributed by atoms with E-state index in [2.05, 4.69) is 15.5 Å². The molecule has 7 nitrogen and oxygen atoms in total. The Morgan fingerprint density at radius 1 is 1.16 bits per heavy atom. The molecule has 3 aromatic rings. The summed E-state index contributed by atoms with van der Waals surface area (Å²) in [6.45, 7) is 1.42. The maximum Gasteiger partial charge on any atom is 0.255 e. The number of aromatic nitrogens is 2. The van der Waals surface area contributed by atoms with Gasteiger partial charge in [0.05, 0.1) is 35.8 Å². The Hall–Kier alpha value is -3.68. The van der Waals surface area contributed by atoms with Crippen molar-refractivity contribution in [1.29, 1.82) is 0 Å². The van der Waals surface area contributed by atoms with Gasteiger partial charge in [-0.3, -0.25) is 14.7 Å². The second kappa shape index (κ2) is 8.99. The molecular formula is C23H23FN4O3. The first-order valence-corrected chi connectivity index (χ1v) is 10.1. The molecule has 1 aliphatic rings. The van der Waals surface area contributed by atoms with E-state index in [9.17, 15) is 14.0 Å². The number of H-pyrrole nitrogens is 1. The number of hydrogen-bond acceptors (Lipinski definition) is 4. The lowest BCUT2D eigenvalue weighted by atomic mass is 10.1. The fraction of sp³-hybridized carbons (Fsp3) is 0.261. The van der Waals surface area contributed by atoms with Gasteiger partial charge in [0.1, 0.15) is 11.6 Å². The molecule has 0 bridgehead atoms. The number of likely N-dealkylation sites (tertiary alicyclic amines) is 1. The summed E-state index contributed by atoms with van der Waals surface area (Å²) in [5.74, 6) is -0.405. The predicted octanol–water partition coefficient (Wildman–Crippen LogP) is 3.23. The second-order valence-corrected chi connectivity index (χ2v) is 7.33. The third-order valence-corrected chi connectivity index (χ3v) is 5.32. The van der Waals surface area contributed by atoms with Crippen molar-refractivity contribution in [2.75, 3.05) is 26.7 Å². The molecule has 2 aromatic carbocycles. The zero-order chi connectivity index (χ0) is 21.8. The van der Waals surface area contributed by atoms with Crippen molar-refractivity contribution in [3.63, 3.8) is 0 Å². The Balaban J connectivity index is 1.58. The fourth-order valence-electron chi connectivity index (χ4n) is 3.70. The van der Waals surface area contributed by atoms with Gasteiger partial charge in [-0.1, -0.05) is 18.2 Å². The molecular weight excluding hydrogens is 399 g/mol. The van der Waals surface area contributed by atoms with Crippen LogP contribution in [-0.4, -0.2) is 53.7 Å². The lowest BCUT2D eigenvalue weighted by Crippen LogP contribution is -2.38. The van der Waals surface area contributed by atoms with E-state index in [1.54, 1.807) is 41.3 Å². The maximum atomic E-state index is 13.1. The van der Waals surface area contributed by atoms with Gasteiger partial charge >= 0.3 is 0 Å². The highest BCUT2D eigenvalue weighted by molar-refractivity contribution is 6.06. The molecule has 0 unspecified atom stereocenters. The van der Waals surface area contributed by atoms with E-state index in [-0.39, 0.29) is 24.2 Å². The Labute approximate surface area is 178 Å². The van der Waals surface area contributed by atoms with Crippen molar-refractivity contribution >= 4 is 34.9 Å². The SMILES string of the molecule is COc1c(C(=O)NCC(=O)N2CCCC2)ccc2[nH]nc(/C=C/c3ccc(F)cc3)c12. The summed E-state index contributed by atoms with van der Waals surface area (Å²) >= 11 is 0. The number of halogens is 1. The molecule has 0 spiro atoms. The molecule has 2 N–H and O–H groups in total. The smallest absolute Gasteiger partial charge is 0.255 e. The number of amides is 2. The third-order valence-electron chi connectivity index (χ3n) is 5.32. The number of nitrogens with one attached hydrogen (secondary N) is 2. The van der Waals surface area contributed by atoms with E-state index in [0.29, 0.717) is 27.9 Å². The van der Waals surface area contributed by atoms with E-state index in [1.165, 1.54) is 19.2 Å². The van der Waals surface area contributed by atoms with Crippen LogP contribution in [0.15, 0.2) is 36.4 Å². The van der Waals surface area contributed by atoms with Crippen LogP contribution < -0.4 is 10.1 Å². The monoisotopic (exact) mass is 422 g/mol. The van der Waals surface area contributed by atoms with Crippen LogP contribution in [-0.2, 0) is 4.79 Å². The number of carbonyl (C=O) groups excluding carboxylic acids is 2. The van der Waals surface area contributed by atoms with Crippen molar-refractivity contribution < 1.29 is 18.7 Å². The van der Waals surface area contributed by atoms with Gasteiger partial charge in [0.2, 0.25) is 5.91 Å². The van der Waals surface area contributed by atoms with Gasteiger partial charge in [-0.15, -0.1) is 0 Å². The van der Waals surface area contributed by atoms with Gasteiger partial charge in [-0.2, -0.15) is 5.10 Å². The minimum absolute atomic E-state index is 0.0528. The molecule has 2 heterocycles. The minimum Gasteiger partial charge on any atom is -0.495 e. The van der Waals surface area contributed by atoms with Crippen LogP contribution in [0.3, 0.4) is 0 Å². The normalized spacial score (nSPS) is 13.8. The lowest BCUT2D eigenvalue weighted by molar-refractivity contribution is -0.129. The van der Waals surface area contributed by atoms with Crippen LogP contribution in [0.5, 0.6) is 5.75 Å². The zero-order valence-corrected chi connectivity index (χ0v) is 17.2. The van der Waals surface area contributed by atoms with Gasteiger partial charge < -0.3 is 15.0 Å². The molecule has 0 saturated carbocycles. The van der Waals surface area contributed by atoms with Crippen LogP contribution in [0.4, 0.5) is 4.39 Å². The number of rotatable bonds is 6. The number of methoxy groups -OCH3 is 1. The highest BCUT2D eigenvalue weighted by Gasteiger charge is 2.21. The fourth-order valence-corrected chi connectivity index (χ4v) is 3.70. The second-order valence-electron chi connectivity index (χ2n) is 7.33. The predicted molar refractivity (Wildman–Crippen MR) is 116 cm³/mol. The summed E-state index contributed by atoms with van der Waals surface area (Å²) in [6.07, 6.45) is 5.57. The summed E-state index contributed by atoms with van der Waals surface area (Å²) in [6, 6.07) is 9.48. The number of ether oxygens (including phenoxy) is 1. The standard InChI is InChI=1S/C23H23FN4O3/c1-31-22-17(23(30)25-14-20(29)28-12-2-3-13-28)9-11-19-21(22)18(26-27-19)10-6-15-4-7-16(24)8-5-15/h4-11H,2-3,12-14H2,1H3,(H,25,30)(H,26,27)/b10-6+.